The minimum Gasteiger partial charge on any atom is -0.354 e. The summed E-state index contributed by atoms with van der Waals surface area (Å²) in [6.45, 7) is 4.69. The van der Waals surface area contributed by atoms with E-state index in [1.54, 1.807) is 12.3 Å². The van der Waals surface area contributed by atoms with Gasteiger partial charge >= 0.3 is 0 Å². The number of pyridine rings is 2. The Balaban J connectivity index is 1.82. The zero-order valence-corrected chi connectivity index (χ0v) is 17.1. The molecular weight excluding hydrogens is 391 g/mol. The van der Waals surface area contributed by atoms with Crippen LogP contribution in [-0.2, 0) is 0 Å². The maximum absolute atomic E-state index is 13.6. The molecule has 0 saturated carbocycles. The first-order valence-electron chi connectivity index (χ1n) is 9.73. The van der Waals surface area contributed by atoms with Gasteiger partial charge in [0.05, 0.1) is 16.3 Å². The number of hydrogen-bond donors (Lipinski definition) is 1. The number of rotatable bonds is 3. The number of aryl methyl sites for hydroxylation is 1. The average Bonchev–Trinajstić information content (AvgIpc) is 2.70. The van der Waals surface area contributed by atoms with Gasteiger partial charge in [-0.3, -0.25) is 4.79 Å². The number of amides is 1. The van der Waals surface area contributed by atoms with E-state index in [0.29, 0.717) is 22.6 Å². The lowest BCUT2D eigenvalue weighted by atomic mass is 10.0. The summed E-state index contributed by atoms with van der Waals surface area (Å²) in [7, 11) is 0. The van der Waals surface area contributed by atoms with Crippen LogP contribution in [0, 0.1) is 12.7 Å². The maximum atomic E-state index is 13.6. The van der Waals surface area contributed by atoms with Crippen molar-refractivity contribution < 1.29 is 9.18 Å². The van der Waals surface area contributed by atoms with Crippen molar-refractivity contribution in [2.75, 3.05) is 11.9 Å². The van der Waals surface area contributed by atoms with E-state index >= 15 is 0 Å². The molecular formula is C22H22ClFN4O. The molecule has 4 rings (SSSR count). The fraction of sp³-hybridized carbons (Fsp3) is 0.318. The largest absolute Gasteiger partial charge is 0.354 e. The number of anilines is 2. The van der Waals surface area contributed by atoms with E-state index in [1.807, 2.05) is 24.0 Å². The minimum absolute atomic E-state index is 0.0138. The third kappa shape index (κ3) is 3.90. The molecule has 1 aromatic carbocycles. The number of benzene rings is 1. The Labute approximate surface area is 173 Å². The molecule has 7 heteroatoms. The van der Waals surface area contributed by atoms with E-state index in [1.165, 1.54) is 12.1 Å². The van der Waals surface area contributed by atoms with Crippen LogP contribution in [0.2, 0.25) is 5.02 Å². The molecule has 3 aromatic rings. The smallest absolute Gasteiger partial charge is 0.257 e. The lowest BCUT2D eigenvalue weighted by Gasteiger charge is -2.34. The molecule has 1 amide bonds. The van der Waals surface area contributed by atoms with Crippen molar-refractivity contribution >= 4 is 39.9 Å². The van der Waals surface area contributed by atoms with Gasteiger partial charge in [0.25, 0.3) is 5.91 Å². The number of piperidine rings is 1. The van der Waals surface area contributed by atoms with Crippen molar-refractivity contribution in [3.8, 4) is 0 Å². The molecule has 1 N–H and O–H groups in total. The molecule has 0 bridgehead atoms. The van der Waals surface area contributed by atoms with Gasteiger partial charge in [0.15, 0.2) is 5.65 Å². The Morgan fingerprint density at radius 2 is 2.10 bits per heavy atom. The standard InChI is InChI=1S/C22H22ClFN4O/c1-13-6-8-16-20(27-15-7-9-19(24)18(23)11-15)17(12-25-21(16)26-13)22(29)28-10-4-3-5-14(28)2/h6-9,11-12,14H,3-5,10H2,1-2H3,(H,25,26,27). The lowest BCUT2D eigenvalue weighted by Crippen LogP contribution is -2.42. The molecule has 1 saturated heterocycles. The fourth-order valence-electron chi connectivity index (χ4n) is 3.74. The summed E-state index contributed by atoms with van der Waals surface area (Å²) in [5, 5.41) is 4.00. The molecule has 1 atom stereocenters. The Morgan fingerprint density at radius 1 is 1.28 bits per heavy atom. The molecule has 5 nitrogen and oxygen atoms in total. The number of hydrogen-bond acceptors (Lipinski definition) is 4. The van der Waals surface area contributed by atoms with Gasteiger partial charge in [-0.05, 0) is 63.4 Å². The van der Waals surface area contributed by atoms with Gasteiger partial charge in [-0.2, -0.15) is 0 Å². The second kappa shape index (κ2) is 7.95. The molecule has 1 unspecified atom stereocenters. The van der Waals surface area contributed by atoms with Crippen molar-refractivity contribution in [2.24, 2.45) is 0 Å². The number of nitrogens with zero attached hydrogens (tertiary/aromatic N) is 3. The van der Waals surface area contributed by atoms with Crippen molar-refractivity contribution in [1.82, 2.24) is 14.9 Å². The zero-order chi connectivity index (χ0) is 20.5. The van der Waals surface area contributed by atoms with Gasteiger partial charge < -0.3 is 10.2 Å². The van der Waals surface area contributed by atoms with Crippen LogP contribution in [0.5, 0.6) is 0 Å². The van der Waals surface area contributed by atoms with E-state index in [4.69, 9.17) is 11.6 Å². The number of likely N-dealkylation sites (tertiary alicyclic amines) is 1. The minimum atomic E-state index is -0.493. The highest BCUT2D eigenvalue weighted by molar-refractivity contribution is 6.31. The normalized spacial score (nSPS) is 16.8. The zero-order valence-electron chi connectivity index (χ0n) is 16.4. The molecule has 1 aliphatic rings. The van der Waals surface area contributed by atoms with Crippen LogP contribution in [0.25, 0.3) is 11.0 Å². The van der Waals surface area contributed by atoms with Gasteiger partial charge in [0.1, 0.15) is 5.82 Å². The molecule has 29 heavy (non-hydrogen) atoms. The summed E-state index contributed by atoms with van der Waals surface area (Å²) in [4.78, 5) is 24.2. The van der Waals surface area contributed by atoms with Crippen LogP contribution in [0.4, 0.5) is 15.8 Å². The van der Waals surface area contributed by atoms with E-state index in [0.717, 1.165) is 36.9 Å². The Morgan fingerprint density at radius 3 is 2.86 bits per heavy atom. The molecule has 2 aromatic heterocycles. The molecule has 1 fully saturated rings. The first kappa shape index (κ1) is 19.6. The highest BCUT2D eigenvalue weighted by atomic mass is 35.5. The highest BCUT2D eigenvalue weighted by Crippen LogP contribution is 2.32. The average molecular weight is 413 g/mol. The van der Waals surface area contributed by atoms with Crippen molar-refractivity contribution in [2.45, 2.75) is 39.2 Å². The van der Waals surface area contributed by atoms with Gasteiger partial charge in [0, 0.05) is 35.6 Å². The molecule has 1 aliphatic heterocycles. The molecule has 3 heterocycles. The van der Waals surface area contributed by atoms with Gasteiger partial charge in [0.2, 0.25) is 0 Å². The summed E-state index contributed by atoms with van der Waals surface area (Å²) in [5.41, 5.74) is 3.05. The van der Waals surface area contributed by atoms with Crippen molar-refractivity contribution in [3.63, 3.8) is 0 Å². The Kier molecular flexibility index (Phi) is 5.37. The van der Waals surface area contributed by atoms with Crippen LogP contribution < -0.4 is 5.32 Å². The van der Waals surface area contributed by atoms with Crippen LogP contribution in [0.1, 0.15) is 42.2 Å². The van der Waals surface area contributed by atoms with E-state index < -0.39 is 5.82 Å². The summed E-state index contributed by atoms with van der Waals surface area (Å²) < 4.78 is 13.6. The molecule has 150 valence electrons. The van der Waals surface area contributed by atoms with Crippen LogP contribution in [0.3, 0.4) is 0 Å². The third-order valence-electron chi connectivity index (χ3n) is 5.35. The van der Waals surface area contributed by atoms with E-state index in [9.17, 15) is 9.18 Å². The monoisotopic (exact) mass is 412 g/mol. The SMILES string of the molecule is Cc1ccc2c(Nc3ccc(F)c(Cl)c3)c(C(=O)N3CCCCC3C)cnc2n1. The Bertz CT molecular complexity index is 1090. The first-order chi connectivity index (χ1) is 13.9. The number of carbonyl (C=O) groups excluding carboxylic acids is 1. The number of carbonyl (C=O) groups is 1. The van der Waals surface area contributed by atoms with Gasteiger partial charge in [-0.1, -0.05) is 11.6 Å². The second-order valence-corrected chi connectivity index (χ2v) is 7.88. The first-order valence-corrected chi connectivity index (χ1v) is 10.1. The maximum Gasteiger partial charge on any atom is 0.257 e. The van der Waals surface area contributed by atoms with E-state index in [-0.39, 0.29) is 17.0 Å². The van der Waals surface area contributed by atoms with Crippen LogP contribution in [0.15, 0.2) is 36.5 Å². The van der Waals surface area contributed by atoms with Crippen LogP contribution >= 0.6 is 11.6 Å². The van der Waals surface area contributed by atoms with Crippen molar-refractivity contribution in [3.05, 3.63) is 58.6 Å². The molecule has 0 spiro atoms. The summed E-state index contributed by atoms with van der Waals surface area (Å²) in [6.07, 6.45) is 4.69. The number of halogens is 2. The number of fused-ring (bicyclic) bond motifs is 1. The fourth-order valence-corrected chi connectivity index (χ4v) is 3.92. The number of aromatic nitrogens is 2. The van der Waals surface area contributed by atoms with Gasteiger partial charge in [-0.25, -0.2) is 14.4 Å². The molecule has 0 aliphatic carbocycles. The summed E-state index contributed by atoms with van der Waals surface area (Å²) in [6, 6.07) is 8.34. The third-order valence-corrected chi connectivity index (χ3v) is 5.64. The predicted octanol–water partition coefficient (Wildman–Crippen LogP) is 5.49. The van der Waals surface area contributed by atoms with Crippen LogP contribution in [-0.4, -0.2) is 33.4 Å². The Hall–Kier alpha value is -2.73. The van der Waals surface area contributed by atoms with E-state index in [2.05, 4.69) is 22.2 Å². The van der Waals surface area contributed by atoms with Crippen molar-refractivity contribution in [1.29, 1.82) is 0 Å². The summed E-state index contributed by atoms with van der Waals surface area (Å²) in [5.74, 6) is -0.560. The molecule has 0 radical (unpaired) electrons. The predicted molar refractivity (Wildman–Crippen MR) is 113 cm³/mol. The summed E-state index contributed by atoms with van der Waals surface area (Å²) >= 11 is 5.95. The number of nitrogens with one attached hydrogen (secondary N) is 1. The quantitative estimate of drug-likeness (QED) is 0.618. The van der Waals surface area contributed by atoms with Gasteiger partial charge in [-0.15, -0.1) is 0 Å². The topological polar surface area (TPSA) is 58.1 Å². The second-order valence-electron chi connectivity index (χ2n) is 7.47. The lowest BCUT2D eigenvalue weighted by molar-refractivity contribution is 0.0636. The highest BCUT2D eigenvalue weighted by Gasteiger charge is 2.27.